The Bertz CT molecular complexity index is 718. The Labute approximate surface area is 153 Å². The van der Waals surface area contributed by atoms with Crippen molar-refractivity contribution in [1.29, 1.82) is 0 Å². The van der Waals surface area contributed by atoms with Gasteiger partial charge < -0.3 is 10.1 Å². The van der Waals surface area contributed by atoms with E-state index in [-0.39, 0.29) is 18.5 Å². The van der Waals surface area contributed by atoms with Crippen molar-refractivity contribution in [2.24, 2.45) is 0 Å². The molecule has 0 aromatic heterocycles. The van der Waals surface area contributed by atoms with E-state index in [0.29, 0.717) is 42.4 Å². The predicted octanol–water partition coefficient (Wildman–Crippen LogP) is 1.64. The number of likely N-dealkylation sites (tertiary alicyclic amines) is 1. The summed E-state index contributed by atoms with van der Waals surface area (Å²) in [4.78, 5) is 14.3. The van der Waals surface area contributed by atoms with Gasteiger partial charge >= 0.3 is 0 Å². The van der Waals surface area contributed by atoms with Gasteiger partial charge in [0.15, 0.2) is 0 Å². The lowest BCUT2D eigenvalue weighted by molar-refractivity contribution is -0.117. The van der Waals surface area contributed by atoms with E-state index in [0.717, 1.165) is 0 Å². The summed E-state index contributed by atoms with van der Waals surface area (Å²) in [6, 6.07) is 5.03. The summed E-state index contributed by atoms with van der Waals surface area (Å²) in [6.07, 6.45) is 2.62. The van der Waals surface area contributed by atoms with Crippen LogP contribution in [-0.2, 0) is 14.8 Å². The van der Waals surface area contributed by atoms with Crippen LogP contribution in [0.4, 0.5) is 5.69 Å². The quantitative estimate of drug-likeness (QED) is 0.800. The van der Waals surface area contributed by atoms with Crippen molar-refractivity contribution < 1.29 is 17.9 Å². The summed E-state index contributed by atoms with van der Waals surface area (Å²) >= 11 is 5.96. The Kier molecular flexibility index (Phi) is 6.67. The van der Waals surface area contributed by atoms with E-state index in [9.17, 15) is 13.2 Å². The number of amides is 1. The fraction of sp³-hybridized carbons (Fsp3) is 0.562. The van der Waals surface area contributed by atoms with Crippen LogP contribution in [0.1, 0.15) is 12.8 Å². The highest BCUT2D eigenvalue weighted by Crippen LogP contribution is 2.27. The van der Waals surface area contributed by atoms with Crippen molar-refractivity contribution in [3.63, 3.8) is 0 Å². The molecule has 9 heteroatoms. The third-order valence-electron chi connectivity index (χ3n) is 4.40. The summed E-state index contributed by atoms with van der Waals surface area (Å²) in [6.45, 7) is 1.58. The molecule has 140 valence electrons. The number of hydrogen-bond acceptors (Lipinski definition) is 5. The molecule has 1 heterocycles. The third-order valence-corrected chi connectivity index (χ3v) is 5.98. The first-order valence-electron chi connectivity index (χ1n) is 7.99. The van der Waals surface area contributed by atoms with Gasteiger partial charge in [0.2, 0.25) is 15.9 Å². The third kappa shape index (κ3) is 5.57. The van der Waals surface area contributed by atoms with Crippen LogP contribution in [0.3, 0.4) is 0 Å². The fourth-order valence-corrected chi connectivity index (χ4v) is 3.81. The molecule has 7 nitrogen and oxygen atoms in total. The minimum Gasteiger partial charge on any atom is -0.495 e. The molecule has 1 aromatic rings. The molecular weight excluding hydrogens is 366 g/mol. The van der Waals surface area contributed by atoms with Gasteiger partial charge in [-0.05, 0) is 31.0 Å². The zero-order valence-electron chi connectivity index (χ0n) is 14.7. The zero-order chi connectivity index (χ0) is 18.6. The van der Waals surface area contributed by atoms with Crippen molar-refractivity contribution >= 4 is 33.2 Å². The van der Waals surface area contributed by atoms with Crippen molar-refractivity contribution in [3.8, 4) is 5.75 Å². The average Bonchev–Trinajstić information content (AvgIpc) is 2.54. The van der Waals surface area contributed by atoms with Crippen molar-refractivity contribution in [2.45, 2.75) is 18.9 Å². The summed E-state index contributed by atoms with van der Waals surface area (Å²) in [5, 5.41) is 3.33. The smallest absolute Gasteiger partial charge is 0.238 e. The standard InChI is InChI=1S/C16H24ClN3O4S/c1-19(25(3,22)23)13-6-8-20(9-7-13)11-16(21)18-14-10-12(17)4-5-15(14)24-2/h4-5,10,13H,6-9,11H2,1-3H3,(H,18,21). The van der Waals surface area contributed by atoms with Crippen molar-refractivity contribution in [3.05, 3.63) is 23.2 Å². The first-order valence-corrected chi connectivity index (χ1v) is 10.2. The number of anilines is 1. The van der Waals surface area contributed by atoms with Gasteiger partial charge in [-0.15, -0.1) is 0 Å². The topological polar surface area (TPSA) is 79.0 Å². The molecule has 1 N–H and O–H groups in total. The Morgan fingerprint density at radius 2 is 2.04 bits per heavy atom. The minimum absolute atomic E-state index is 0.0117. The molecule has 0 unspecified atom stereocenters. The molecule has 1 fully saturated rings. The van der Waals surface area contributed by atoms with E-state index in [2.05, 4.69) is 5.32 Å². The van der Waals surface area contributed by atoms with Crippen LogP contribution in [0, 0.1) is 0 Å². The second kappa shape index (κ2) is 8.35. The highest BCUT2D eigenvalue weighted by molar-refractivity contribution is 7.88. The number of benzene rings is 1. The van der Waals surface area contributed by atoms with Gasteiger partial charge in [0, 0.05) is 31.2 Å². The number of methoxy groups -OCH3 is 1. The van der Waals surface area contributed by atoms with E-state index in [1.54, 1.807) is 25.2 Å². The van der Waals surface area contributed by atoms with Crippen LogP contribution in [0.15, 0.2) is 18.2 Å². The van der Waals surface area contributed by atoms with E-state index >= 15 is 0 Å². The molecule has 2 rings (SSSR count). The molecule has 1 saturated heterocycles. The zero-order valence-corrected chi connectivity index (χ0v) is 16.2. The predicted molar refractivity (Wildman–Crippen MR) is 98.7 cm³/mol. The number of sulfonamides is 1. The Balaban J connectivity index is 1.88. The van der Waals surface area contributed by atoms with Crippen LogP contribution < -0.4 is 10.1 Å². The summed E-state index contributed by atoms with van der Waals surface area (Å²) in [5.41, 5.74) is 0.534. The number of halogens is 1. The second-order valence-corrected chi connectivity index (χ2v) is 8.66. The molecule has 1 amide bonds. The van der Waals surface area contributed by atoms with Gasteiger partial charge in [0.1, 0.15) is 5.75 Å². The lowest BCUT2D eigenvalue weighted by atomic mass is 10.1. The van der Waals surface area contributed by atoms with Crippen molar-refractivity contribution in [2.75, 3.05) is 45.4 Å². The van der Waals surface area contributed by atoms with Crippen LogP contribution in [0.5, 0.6) is 5.75 Å². The van der Waals surface area contributed by atoms with Gasteiger partial charge in [0.05, 0.1) is 25.6 Å². The highest BCUT2D eigenvalue weighted by atomic mass is 35.5. The molecule has 0 bridgehead atoms. The monoisotopic (exact) mass is 389 g/mol. The first kappa shape index (κ1) is 20.0. The van der Waals surface area contributed by atoms with Gasteiger partial charge in [0.25, 0.3) is 0 Å². The number of carbonyl (C=O) groups excluding carboxylic acids is 1. The lowest BCUT2D eigenvalue weighted by Gasteiger charge is -2.35. The molecule has 0 radical (unpaired) electrons. The van der Waals surface area contributed by atoms with Crippen LogP contribution in [-0.4, -0.2) is 69.6 Å². The Morgan fingerprint density at radius 3 is 2.60 bits per heavy atom. The molecular formula is C16H24ClN3O4S. The number of nitrogens with zero attached hydrogens (tertiary/aromatic N) is 2. The van der Waals surface area contributed by atoms with E-state index < -0.39 is 10.0 Å². The Hall–Kier alpha value is -1.35. The van der Waals surface area contributed by atoms with E-state index in [1.165, 1.54) is 17.7 Å². The second-order valence-electron chi connectivity index (χ2n) is 6.18. The van der Waals surface area contributed by atoms with Gasteiger partial charge in [-0.3, -0.25) is 9.69 Å². The molecule has 25 heavy (non-hydrogen) atoms. The van der Waals surface area contributed by atoms with Gasteiger partial charge in [-0.25, -0.2) is 12.7 Å². The van der Waals surface area contributed by atoms with Crippen LogP contribution >= 0.6 is 11.6 Å². The summed E-state index contributed by atoms with van der Waals surface area (Å²) < 4.78 is 29.8. The molecule has 1 aliphatic rings. The first-order chi connectivity index (χ1) is 11.7. The Morgan fingerprint density at radius 1 is 1.40 bits per heavy atom. The van der Waals surface area contributed by atoms with Crippen LogP contribution in [0.2, 0.25) is 5.02 Å². The van der Waals surface area contributed by atoms with Gasteiger partial charge in [-0.2, -0.15) is 0 Å². The lowest BCUT2D eigenvalue weighted by Crippen LogP contribution is -2.47. The molecule has 0 saturated carbocycles. The average molecular weight is 390 g/mol. The number of nitrogens with one attached hydrogen (secondary N) is 1. The van der Waals surface area contributed by atoms with Crippen LogP contribution in [0.25, 0.3) is 0 Å². The maximum Gasteiger partial charge on any atom is 0.238 e. The van der Waals surface area contributed by atoms with E-state index in [1.807, 2.05) is 4.90 Å². The van der Waals surface area contributed by atoms with E-state index in [4.69, 9.17) is 16.3 Å². The minimum atomic E-state index is -3.19. The van der Waals surface area contributed by atoms with Crippen molar-refractivity contribution in [1.82, 2.24) is 9.21 Å². The normalized spacial score (nSPS) is 16.8. The molecule has 1 aromatic carbocycles. The number of carbonyl (C=O) groups is 1. The summed E-state index contributed by atoms with van der Waals surface area (Å²) in [5.74, 6) is 0.390. The SMILES string of the molecule is COc1ccc(Cl)cc1NC(=O)CN1CCC(N(C)S(C)(=O)=O)CC1. The largest absolute Gasteiger partial charge is 0.495 e. The molecule has 0 atom stereocenters. The molecule has 0 spiro atoms. The van der Waals surface area contributed by atoms with Gasteiger partial charge in [-0.1, -0.05) is 11.6 Å². The molecule has 1 aliphatic heterocycles. The highest BCUT2D eigenvalue weighted by Gasteiger charge is 2.27. The fourth-order valence-electron chi connectivity index (χ4n) is 2.88. The molecule has 0 aliphatic carbocycles. The number of piperidine rings is 1. The maximum absolute atomic E-state index is 12.3. The summed E-state index contributed by atoms with van der Waals surface area (Å²) in [7, 11) is -0.0517. The number of hydrogen-bond donors (Lipinski definition) is 1. The number of rotatable bonds is 6. The maximum atomic E-state index is 12.3. The number of ether oxygens (including phenoxy) is 1.